The van der Waals surface area contributed by atoms with E-state index in [1.807, 2.05) is 0 Å². The molecule has 174 valence electrons. The predicted octanol–water partition coefficient (Wildman–Crippen LogP) is 3.94. The Labute approximate surface area is 189 Å². The van der Waals surface area contributed by atoms with Crippen LogP contribution in [0, 0.1) is 22.2 Å². The number of benzene rings is 1. The summed E-state index contributed by atoms with van der Waals surface area (Å²) in [5.41, 5.74) is -2.17. The molecule has 1 saturated heterocycles. The van der Waals surface area contributed by atoms with Crippen LogP contribution in [0.1, 0.15) is 37.7 Å². The van der Waals surface area contributed by atoms with Gasteiger partial charge in [-0.25, -0.2) is 0 Å². The van der Waals surface area contributed by atoms with E-state index in [0.29, 0.717) is 35.0 Å². The molecule has 2 heterocycles. The standard InChI is InChI=1S/C24H25F3N4O2/c1-33-17-7-5-16(6-8-17)30-21(32)22-12-23(22,24(25,26)27)14-31(13-22)19-9-4-15(11-28)20-18(19)3-2-10-29-20/h2-4,9-10,16-17H,5-8,12-14H2,1H3,(H,30,32). The van der Waals surface area contributed by atoms with Crippen LogP contribution in [0.2, 0.25) is 0 Å². The number of rotatable bonds is 4. The third-order valence-corrected chi connectivity index (χ3v) is 7.84. The number of hydrogen-bond donors (Lipinski definition) is 1. The number of methoxy groups -OCH3 is 1. The maximum atomic E-state index is 14.3. The molecule has 0 radical (unpaired) electrons. The summed E-state index contributed by atoms with van der Waals surface area (Å²) in [4.78, 5) is 19.2. The van der Waals surface area contributed by atoms with Crippen LogP contribution in [-0.4, -0.2) is 49.4 Å². The normalized spacial score (nSPS) is 31.2. The molecule has 1 aromatic carbocycles. The van der Waals surface area contributed by atoms with Crippen LogP contribution in [0.4, 0.5) is 18.9 Å². The molecule has 1 N–H and O–H groups in total. The average molecular weight is 458 g/mol. The van der Waals surface area contributed by atoms with Crippen molar-refractivity contribution in [2.75, 3.05) is 25.1 Å². The van der Waals surface area contributed by atoms with Gasteiger partial charge in [-0.3, -0.25) is 9.78 Å². The fraction of sp³-hybridized carbons (Fsp3) is 0.542. The zero-order valence-electron chi connectivity index (χ0n) is 18.3. The van der Waals surface area contributed by atoms with Crippen molar-refractivity contribution in [3.8, 4) is 6.07 Å². The number of carbonyl (C=O) groups is 1. The number of fused-ring (bicyclic) bond motifs is 2. The minimum atomic E-state index is -4.49. The van der Waals surface area contributed by atoms with Gasteiger partial charge in [-0.15, -0.1) is 0 Å². The second kappa shape index (κ2) is 7.59. The molecular weight excluding hydrogens is 433 g/mol. The van der Waals surface area contributed by atoms with Crippen LogP contribution in [0.25, 0.3) is 10.9 Å². The third kappa shape index (κ3) is 3.26. The summed E-state index contributed by atoms with van der Waals surface area (Å²) in [5.74, 6) is -0.501. The van der Waals surface area contributed by atoms with Gasteiger partial charge >= 0.3 is 6.18 Å². The van der Waals surface area contributed by atoms with Gasteiger partial charge in [-0.05, 0) is 56.4 Å². The number of alkyl halides is 3. The Balaban J connectivity index is 1.44. The lowest BCUT2D eigenvalue weighted by Crippen LogP contribution is -2.46. The van der Waals surface area contributed by atoms with Gasteiger partial charge < -0.3 is 15.0 Å². The van der Waals surface area contributed by atoms with E-state index in [-0.39, 0.29) is 31.7 Å². The fourth-order valence-electron chi connectivity index (χ4n) is 5.88. The number of amides is 1. The molecule has 3 aliphatic rings. The molecule has 0 spiro atoms. The van der Waals surface area contributed by atoms with Crippen LogP contribution in [-0.2, 0) is 9.53 Å². The topological polar surface area (TPSA) is 78.2 Å². The molecule has 3 fully saturated rings. The van der Waals surface area contributed by atoms with E-state index >= 15 is 0 Å². The highest BCUT2D eigenvalue weighted by atomic mass is 19.4. The zero-order valence-corrected chi connectivity index (χ0v) is 18.3. The van der Waals surface area contributed by atoms with E-state index in [1.165, 1.54) is 0 Å². The third-order valence-electron chi connectivity index (χ3n) is 7.84. The predicted molar refractivity (Wildman–Crippen MR) is 115 cm³/mol. The molecule has 6 nitrogen and oxygen atoms in total. The van der Waals surface area contributed by atoms with Crippen molar-refractivity contribution < 1.29 is 22.7 Å². The van der Waals surface area contributed by atoms with E-state index < -0.39 is 22.9 Å². The van der Waals surface area contributed by atoms with E-state index in [1.54, 1.807) is 42.5 Å². The molecule has 2 atom stereocenters. The number of aromatic nitrogens is 1. The first-order chi connectivity index (χ1) is 15.7. The molecule has 2 saturated carbocycles. The van der Waals surface area contributed by atoms with E-state index in [0.717, 1.165) is 12.8 Å². The first-order valence-corrected chi connectivity index (χ1v) is 11.2. The van der Waals surface area contributed by atoms with Gasteiger partial charge in [-0.1, -0.05) is 0 Å². The Kier molecular flexibility index (Phi) is 5.05. The van der Waals surface area contributed by atoms with Crippen LogP contribution in [0.15, 0.2) is 30.5 Å². The van der Waals surface area contributed by atoms with E-state index in [2.05, 4.69) is 16.4 Å². The minimum Gasteiger partial charge on any atom is -0.381 e. The summed E-state index contributed by atoms with van der Waals surface area (Å²) >= 11 is 0. The lowest BCUT2D eigenvalue weighted by Gasteiger charge is -2.30. The number of nitriles is 1. The highest BCUT2D eigenvalue weighted by Crippen LogP contribution is 2.75. The molecule has 1 aromatic heterocycles. The van der Waals surface area contributed by atoms with Crippen LogP contribution < -0.4 is 10.2 Å². The highest BCUT2D eigenvalue weighted by Gasteiger charge is 2.86. The van der Waals surface area contributed by atoms with Gasteiger partial charge in [-0.2, -0.15) is 18.4 Å². The molecule has 0 bridgehead atoms. The Hall–Kier alpha value is -2.86. The van der Waals surface area contributed by atoms with Crippen LogP contribution in [0.5, 0.6) is 0 Å². The van der Waals surface area contributed by atoms with Gasteiger partial charge in [0.1, 0.15) is 11.5 Å². The van der Waals surface area contributed by atoms with Crippen LogP contribution >= 0.6 is 0 Å². The van der Waals surface area contributed by atoms with E-state index in [9.17, 15) is 23.2 Å². The van der Waals surface area contributed by atoms with Gasteiger partial charge in [0.2, 0.25) is 5.91 Å². The van der Waals surface area contributed by atoms with Crippen molar-refractivity contribution in [2.45, 2.75) is 50.4 Å². The minimum absolute atomic E-state index is 0.0122. The molecule has 9 heteroatoms. The zero-order chi connectivity index (χ0) is 23.4. The summed E-state index contributed by atoms with van der Waals surface area (Å²) < 4.78 is 48.3. The highest BCUT2D eigenvalue weighted by molar-refractivity contribution is 5.97. The number of pyridine rings is 1. The summed E-state index contributed by atoms with van der Waals surface area (Å²) in [6.07, 6.45) is -0.00126. The van der Waals surface area contributed by atoms with Gasteiger partial charge in [0.15, 0.2) is 0 Å². The maximum Gasteiger partial charge on any atom is 0.397 e. The lowest BCUT2D eigenvalue weighted by atomic mass is 9.90. The molecule has 2 unspecified atom stereocenters. The second-order valence-electron chi connectivity index (χ2n) is 9.52. The molecule has 1 amide bonds. The fourth-order valence-corrected chi connectivity index (χ4v) is 5.88. The summed E-state index contributed by atoms with van der Waals surface area (Å²) in [5, 5.41) is 12.9. The summed E-state index contributed by atoms with van der Waals surface area (Å²) in [7, 11) is 1.65. The Morgan fingerprint density at radius 3 is 2.67 bits per heavy atom. The van der Waals surface area contributed by atoms with Gasteiger partial charge in [0.25, 0.3) is 0 Å². The second-order valence-corrected chi connectivity index (χ2v) is 9.52. The monoisotopic (exact) mass is 458 g/mol. The quantitative estimate of drug-likeness (QED) is 0.751. The molecule has 5 rings (SSSR count). The van der Waals surface area contributed by atoms with Crippen molar-refractivity contribution >= 4 is 22.5 Å². The Bertz CT molecular complexity index is 1140. The van der Waals surface area contributed by atoms with Crippen molar-refractivity contribution in [1.29, 1.82) is 5.26 Å². The lowest BCUT2D eigenvalue weighted by molar-refractivity contribution is -0.191. The summed E-state index contributed by atoms with van der Waals surface area (Å²) in [6.45, 7) is -0.294. The summed E-state index contributed by atoms with van der Waals surface area (Å²) in [6, 6.07) is 8.65. The van der Waals surface area contributed by atoms with Crippen molar-refractivity contribution in [2.24, 2.45) is 10.8 Å². The number of piperidine rings is 1. The van der Waals surface area contributed by atoms with Crippen molar-refractivity contribution in [1.82, 2.24) is 10.3 Å². The average Bonchev–Trinajstić information content (AvgIpc) is 3.36. The number of hydrogen-bond acceptors (Lipinski definition) is 5. The molecule has 2 aromatic rings. The number of nitrogens with one attached hydrogen (secondary N) is 1. The molecule has 1 aliphatic heterocycles. The first kappa shape index (κ1) is 22.0. The van der Waals surface area contributed by atoms with Crippen molar-refractivity contribution in [3.63, 3.8) is 0 Å². The Morgan fingerprint density at radius 1 is 1.24 bits per heavy atom. The van der Waals surface area contributed by atoms with Gasteiger partial charge in [0.05, 0.1) is 22.6 Å². The SMILES string of the molecule is COC1CCC(NC(=O)C23CN(c4ccc(C#N)c5ncccc45)CC2(C(F)(F)F)C3)CC1. The van der Waals surface area contributed by atoms with Gasteiger partial charge in [0, 0.05) is 43.5 Å². The maximum absolute atomic E-state index is 14.3. The number of nitrogens with zero attached hydrogens (tertiary/aromatic N) is 3. The molecule has 33 heavy (non-hydrogen) atoms. The Morgan fingerprint density at radius 2 is 2.00 bits per heavy atom. The molecular formula is C24H25F3N4O2. The number of carbonyl (C=O) groups excluding carboxylic acids is 1. The largest absolute Gasteiger partial charge is 0.397 e. The first-order valence-electron chi connectivity index (χ1n) is 11.2. The number of ether oxygens (including phenoxy) is 1. The number of halogens is 3. The van der Waals surface area contributed by atoms with E-state index in [4.69, 9.17) is 4.74 Å². The van der Waals surface area contributed by atoms with Crippen molar-refractivity contribution in [3.05, 3.63) is 36.0 Å². The smallest absolute Gasteiger partial charge is 0.381 e. The number of anilines is 1. The molecule has 2 aliphatic carbocycles. The van der Waals surface area contributed by atoms with Crippen LogP contribution in [0.3, 0.4) is 0 Å².